The number of hydrogen-bond donors (Lipinski definition) is 0. The number of benzene rings is 1. The summed E-state index contributed by atoms with van der Waals surface area (Å²) in [4.78, 5) is 32.9. The molecule has 0 saturated carbocycles. The highest BCUT2D eigenvalue weighted by Crippen LogP contribution is 2.35. The van der Waals surface area contributed by atoms with E-state index in [2.05, 4.69) is 4.98 Å². The predicted octanol–water partition coefficient (Wildman–Crippen LogP) is 2.89. The van der Waals surface area contributed by atoms with E-state index in [1.54, 1.807) is 31.5 Å². The lowest BCUT2D eigenvalue weighted by atomic mass is 9.93. The Balaban J connectivity index is 1.57. The molecule has 3 heterocycles. The zero-order chi connectivity index (χ0) is 19.6. The standard InChI is InChI=1S/C22H25N3O3/c1-17(26)25-15-19-6-2-3-8-20(19)28-22(16-25)9-5-12-24(13-10-22)21(27)18-7-4-11-23-14-18/h2-4,6-8,11,14H,5,9-10,12-13,15-16H2,1H3/t22-/m0/s1. The van der Waals surface area contributed by atoms with Crippen molar-refractivity contribution < 1.29 is 14.3 Å². The van der Waals surface area contributed by atoms with Crippen LogP contribution in [0.4, 0.5) is 0 Å². The smallest absolute Gasteiger partial charge is 0.255 e. The van der Waals surface area contributed by atoms with Crippen molar-refractivity contribution in [1.82, 2.24) is 14.8 Å². The molecule has 28 heavy (non-hydrogen) atoms. The highest BCUT2D eigenvalue weighted by atomic mass is 16.5. The molecule has 1 aromatic carbocycles. The Bertz CT molecular complexity index is 870. The van der Waals surface area contributed by atoms with Gasteiger partial charge >= 0.3 is 0 Å². The molecule has 4 rings (SSSR count). The summed E-state index contributed by atoms with van der Waals surface area (Å²) in [7, 11) is 0. The minimum atomic E-state index is -0.470. The molecule has 2 amide bonds. The lowest BCUT2D eigenvalue weighted by Crippen LogP contribution is -2.47. The molecule has 146 valence electrons. The SMILES string of the molecule is CC(=O)N1Cc2ccccc2O[C@]2(CCCN(C(=O)c3cccnc3)CC2)C1. The monoisotopic (exact) mass is 379 g/mol. The van der Waals surface area contributed by atoms with Crippen molar-refractivity contribution >= 4 is 11.8 Å². The van der Waals surface area contributed by atoms with Gasteiger partial charge in [0.15, 0.2) is 0 Å². The van der Waals surface area contributed by atoms with Crippen LogP contribution in [-0.4, -0.2) is 51.8 Å². The van der Waals surface area contributed by atoms with E-state index in [1.165, 1.54) is 0 Å². The van der Waals surface area contributed by atoms with Gasteiger partial charge in [-0.2, -0.15) is 0 Å². The number of fused-ring (bicyclic) bond motifs is 1. The highest BCUT2D eigenvalue weighted by Gasteiger charge is 2.40. The van der Waals surface area contributed by atoms with Gasteiger partial charge in [-0.1, -0.05) is 18.2 Å². The minimum absolute atomic E-state index is 0.00240. The third-order valence-electron chi connectivity index (χ3n) is 5.68. The summed E-state index contributed by atoms with van der Waals surface area (Å²) in [6.45, 7) is 4.00. The molecule has 2 aliphatic heterocycles. The van der Waals surface area contributed by atoms with Gasteiger partial charge in [-0.15, -0.1) is 0 Å². The van der Waals surface area contributed by atoms with E-state index in [0.29, 0.717) is 38.2 Å². The zero-order valence-corrected chi connectivity index (χ0v) is 16.1. The van der Waals surface area contributed by atoms with Crippen LogP contribution in [0.25, 0.3) is 0 Å². The molecule has 0 unspecified atom stereocenters. The first-order valence-electron chi connectivity index (χ1n) is 9.78. The Morgan fingerprint density at radius 3 is 2.71 bits per heavy atom. The Morgan fingerprint density at radius 2 is 1.93 bits per heavy atom. The maximum absolute atomic E-state index is 12.8. The van der Waals surface area contributed by atoms with Crippen molar-refractivity contribution in [3.63, 3.8) is 0 Å². The second-order valence-corrected chi connectivity index (χ2v) is 7.66. The van der Waals surface area contributed by atoms with Gasteiger partial charge in [-0.05, 0) is 31.0 Å². The van der Waals surface area contributed by atoms with E-state index in [1.807, 2.05) is 34.1 Å². The fourth-order valence-corrected chi connectivity index (χ4v) is 4.13. The quantitative estimate of drug-likeness (QED) is 0.764. The molecule has 2 aliphatic rings. The summed E-state index contributed by atoms with van der Waals surface area (Å²) in [6, 6.07) is 11.5. The average Bonchev–Trinajstić information content (AvgIpc) is 3.01. The maximum Gasteiger partial charge on any atom is 0.255 e. The van der Waals surface area contributed by atoms with Crippen LogP contribution in [0.3, 0.4) is 0 Å². The summed E-state index contributed by atoms with van der Waals surface area (Å²) >= 11 is 0. The van der Waals surface area contributed by atoms with E-state index >= 15 is 0 Å². The van der Waals surface area contributed by atoms with Gasteiger partial charge in [0.25, 0.3) is 5.91 Å². The van der Waals surface area contributed by atoms with Gasteiger partial charge in [0.05, 0.1) is 12.1 Å². The minimum Gasteiger partial charge on any atom is -0.485 e. The average molecular weight is 379 g/mol. The summed E-state index contributed by atoms with van der Waals surface area (Å²) < 4.78 is 6.54. The Kier molecular flexibility index (Phi) is 5.03. The van der Waals surface area contributed by atoms with Crippen molar-refractivity contribution in [2.45, 2.75) is 38.3 Å². The molecule has 1 atom stereocenters. The normalized spacial score (nSPS) is 22.0. The van der Waals surface area contributed by atoms with Crippen LogP contribution >= 0.6 is 0 Å². The second-order valence-electron chi connectivity index (χ2n) is 7.66. The van der Waals surface area contributed by atoms with Gasteiger partial charge in [-0.25, -0.2) is 0 Å². The Labute approximate surface area is 165 Å². The van der Waals surface area contributed by atoms with Crippen molar-refractivity contribution in [2.24, 2.45) is 0 Å². The van der Waals surface area contributed by atoms with Crippen molar-refractivity contribution in [3.05, 3.63) is 59.9 Å². The topological polar surface area (TPSA) is 62.7 Å². The van der Waals surface area contributed by atoms with Crippen LogP contribution in [0.2, 0.25) is 0 Å². The molecule has 1 saturated heterocycles. The van der Waals surface area contributed by atoms with Crippen molar-refractivity contribution in [1.29, 1.82) is 0 Å². The summed E-state index contributed by atoms with van der Waals surface area (Å²) in [5.41, 5.74) is 1.17. The van der Waals surface area contributed by atoms with E-state index in [0.717, 1.165) is 24.2 Å². The van der Waals surface area contributed by atoms with Crippen LogP contribution in [0.1, 0.15) is 42.1 Å². The largest absolute Gasteiger partial charge is 0.485 e. The number of para-hydroxylation sites is 1. The van der Waals surface area contributed by atoms with Gasteiger partial charge in [-0.3, -0.25) is 14.6 Å². The van der Waals surface area contributed by atoms with E-state index in [-0.39, 0.29) is 11.8 Å². The second kappa shape index (κ2) is 7.62. The highest BCUT2D eigenvalue weighted by molar-refractivity contribution is 5.93. The third-order valence-corrected chi connectivity index (χ3v) is 5.68. The Morgan fingerprint density at radius 1 is 1.07 bits per heavy atom. The van der Waals surface area contributed by atoms with Gasteiger partial charge in [0.2, 0.25) is 5.91 Å². The van der Waals surface area contributed by atoms with E-state index in [4.69, 9.17) is 4.74 Å². The summed E-state index contributed by atoms with van der Waals surface area (Å²) in [6.07, 6.45) is 5.61. The number of pyridine rings is 1. The number of likely N-dealkylation sites (tertiary alicyclic amines) is 1. The fraction of sp³-hybridized carbons (Fsp3) is 0.409. The maximum atomic E-state index is 12.8. The number of aromatic nitrogens is 1. The van der Waals surface area contributed by atoms with E-state index < -0.39 is 5.60 Å². The van der Waals surface area contributed by atoms with Crippen LogP contribution in [-0.2, 0) is 11.3 Å². The summed E-state index contributed by atoms with van der Waals surface area (Å²) in [5.74, 6) is 0.896. The number of ether oxygens (including phenoxy) is 1. The first-order chi connectivity index (χ1) is 13.6. The number of nitrogens with zero attached hydrogens (tertiary/aromatic N) is 3. The molecule has 0 bridgehead atoms. The molecule has 0 aliphatic carbocycles. The number of carbonyl (C=O) groups is 2. The number of rotatable bonds is 1. The molecule has 2 aromatic rings. The zero-order valence-electron chi connectivity index (χ0n) is 16.1. The lowest BCUT2D eigenvalue weighted by molar-refractivity contribution is -0.132. The third kappa shape index (κ3) is 3.72. The van der Waals surface area contributed by atoms with Gasteiger partial charge in [0, 0.05) is 50.9 Å². The lowest BCUT2D eigenvalue weighted by Gasteiger charge is -2.35. The van der Waals surface area contributed by atoms with E-state index in [9.17, 15) is 9.59 Å². The predicted molar refractivity (Wildman–Crippen MR) is 105 cm³/mol. The van der Waals surface area contributed by atoms with Crippen LogP contribution < -0.4 is 4.74 Å². The van der Waals surface area contributed by atoms with Crippen molar-refractivity contribution in [2.75, 3.05) is 19.6 Å². The van der Waals surface area contributed by atoms with Gasteiger partial charge in [0.1, 0.15) is 11.4 Å². The fourth-order valence-electron chi connectivity index (χ4n) is 4.13. The molecule has 1 aromatic heterocycles. The first kappa shape index (κ1) is 18.5. The number of carbonyl (C=O) groups excluding carboxylic acids is 2. The Hall–Kier alpha value is -2.89. The molecular weight excluding hydrogens is 354 g/mol. The molecule has 6 heteroatoms. The molecule has 1 fully saturated rings. The number of amides is 2. The molecular formula is C22H25N3O3. The van der Waals surface area contributed by atoms with Crippen molar-refractivity contribution in [3.8, 4) is 5.75 Å². The summed E-state index contributed by atoms with van der Waals surface area (Å²) in [5, 5.41) is 0. The molecule has 6 nitrogen and oxygen atoms in total. The molecule has 1 spiro atoms. The first-order valence-corrected chi connectivity index (χ1v) is 9.78. The molecule has 0 N–H and O–H groups in total. The molecule has 0 radical (unpaired) electrons. The van der Waals surface area contributed by atoms with Gasteiger partial charge < -0.3 is 14.5 Å². The van der Waals surface area contributed by atoms with Crippen LogP contribution in [0.5, 0.6) is 5.75 Å². The number of hydrogen-bond acceptors (Lipinski definition) is 4. The van der Waals surface area contributed by atoms with Crippen LogP contribution in [0.15, 0.2) is 48.8 Å². The van der Waals surface area contributed by atoms with Crippen LogP contribution in [0, 0.1) is 0 Å².